The largest absolute Gasteiger partial charge is 0.393 e. The molecule has 0 aliphatic carbocycles. The molecule has 1 saturated heterocycles. The predicted molar refractivity (Wildman–Crippen MR) is 61.3 cm³/mol. The first-order valence-corrected chi connectivity index (χ1v) is 5.60. The van der Waals surface area contributed by atoms with E-state index in [-0.39, 0.29) is 6.61 Å². The average molecular weight is 224 g/mol. The summed E-state index contributed by atoms with van der Waals surface area (Å²) in [5, 5.41) is 8.93. The summed E-state index contributed by atoms with van der Waals surface area (Å²) >= 11 is 0. The molecule has 0 atom stereocenters. The first-order chi connectivity index (χ1) is 7.63. The lowest BCUT2D eigenvalue weighted by Crippen LogP contribution is -2.44. The number of piperidine rings is 1. The van der Waals surface area contributed by atoms with E-state index in [0.717, 1.165) is 11.4 Å². The number of aryl methyl sites for hydroxylation is 1. The van der Waals surface area contributed by atoms with Gasteiger partial charge in [-0.25, -0.2) is 9.37 Å². The quantitative estimate of drug-likeness (QED) is 0.830. The van der Waals surface area contributed by atoms with Crippen LogP contribution >= 0.6 is 0 Å². The molecule has 2 rings (SSSR count). The summed E-state index contributed by atoms with van der Waals surface area (Å²) in [6, 6.07) is 3.96. The fraction of sp³-hybridized carbons (Fsp3) is 0.583. The van der Waals surface area contributed by atoms with Gasteiger partial charge in [-0.2, -0.15) is 0 Å². The minimum Gasteiger partial charge on any atom is -0.393 e. The fourth-order valence-corrected chi connectivity index (χ4v) is 1.94. The minimum atomic E-state index is -1.39. The van der Waals surface area contributed by atoms with E-state index in [9.17, 15) is 4.39 Å². The first kappa shape index (κ1) is 11.3. The number of hydrogen-bond acceptors (Lipinski definition) is 3. The molecule has 4 heteroatoms. The van der Waals surface area contributed by atoms with Gasteiger partial charge >= 0.3 is 0 Å². The maximum atomic E-state index is 13.8. The van der Waals surface area contributed by atoms with Gasteiger partial charge in [-0.15, -0.1) is 0 Å². The Hall–Kier alpha value is -1.16. The zero-order valence-corrected chi connectivity index (χ0v) is 9.49. The third-order valence-corrected chi connectivity index (χ3v) is 3.16. The lowest BCUT2D eigenvalue weighted by Gasteiger charge is -2.35. The van der Waals surface area contributed by atoms with Crippen molar-refractivity contribution in [3.63, 3.8) is 0 Å². The zero-order chi connectivity index (χ0) is 11.6. The Balaban J connectivity index is 2.01. The van der Waals surface area contributed by atoms with Crippen LogP contribution in [0.25, 0.3) is 0 Å². The SMILES string of the molecule is Cc1ccc(N2CCC(F)(CO)CC2)nc1. The molecule has 0 bridgehead atoms. The molecule has 1 aromatic heterocycles. The molecule has 1 N–H and O–H groups in total. The first-order valence-electron chi connectivity index (χ1n) is 5.60. The number of aromatic nitrogens is 1. The lowest BCUT2D eigenvalue weighted by atomic mass is 9.94. The van der Waals surface area contributed by atoms with E-state index in [1.54, 1.807) is 0 Å². The van der Waals surface area contributed by atoms with Crippen LogP contribution in [0.15, 0.2) is 18.3 Å². The number of anilines is 1. The van der Waals surface area contributed by atoms with Crippen LogP contribution in [0.5, 0.6) is 0 Å². The monoisotopic (exact) mass is 224 g/mol. The molecule has 0 amide bonds. The number of nitrogens with zero attached hydrogens (tertiary/aromatic N) is 2. The smallest absolute Gasteiger partial charge is 0.137 e. The Morgan fingerprint density at radius 3 is 2.62 bits per heavy atom. The van der Waals surface area contributed by atoms with E-state index in [1.807, 2.05) is 25.3 Å². The van der Waals surface area contributed by atoms with E-state index < -0.39 is 5.67 Å². The Morgan fingerprint density at radius 1 is 1.44 bits per heavy atom. The average Bonchev–Trinajstić information content (AvgIpc) is 2.32. The highest BCUT2D eigenvalue weighted by molar-refractivity contribution is 5.39. The van der Waals surface area contributed by atoms with E-state index in [1.165, 1.54) is 0 Å². The number of pyridine rings is 1. The van der Waals surface area contributed by atoms with Gasteiger partial charge in [-0.1, -0.05) is 6.07 Å². The Morgan fingerprint density at radius 2 is 2.12 bits per heavy atom. The highest BCUT2D eigenvalue weighted by Crippen LogP contribution is 2.28. The van der Waals surface area contributed by atoms with Gasteiger partial charge in [-0.05, 0) is 18.6 Å². The third kappa shape index (κ3) is 2.32. The molecule has 16 heavy (non-hydrogen) atoms. The van der Waals surface area contributed by atoms with Crippen LogP contribution in [-0.2, 0) is 0 Å². The van der Waals surface area contributed by atoms with E-state index >= 15 is 0 Å². The molecule has 1 fully saturated rings. The second-order valence-electron chi connectivity index (χ2n) is 4.49. The Labute approximate surface area is 94.9 Å². The van der Waals surface area contributed by atoms with Crippen molar-refractivity contribution in [2.24, 2.45) is 0 Å². The summed E-state index contributed by atoms with van der Waals surface area (Å²) in [6.45, 7) is 2.85. The van der Waals surface area contributed by atoms with Crippen LogP contribution in [0.2, 0.25) is 0 Å². The van der Waals surface area contributed by atoms with Gasteiger partial charge < -0.3 is 10.0 Å². The molecule has 88 valence electrons. The van der Waals surface area contributed by atoms with Crippen molar-refractivity contribution >= 4 is 5.82 Å². The van der Waals surface area contributed by atoms with E-state index in [2.05, 4.69) is 9.88 Å². The van der Waals surface area contributed by atoms with Crippen LogP contribution < -0.4 is 4.90 Å². The maximum Gasteiger partial charge on any atom is 0.137 e. The summed E-state index contributed by atoms with van der Waals surface area (Å²) < 4.78 is 13.8. The van der Waals surface area contributed by atoms with Crippen LogP contribution in [0, 0.1) is 6.92 Å². The van der Waals surface area contributed by atoms with Crippen LogP contribution in [0.4, 0.5) is 10.2 Å². The van der Waals surface area contributed by atoms with Gasteiger partial charge in [0.15, 0.2) is 0 Å². The summed E-state index contributed by atoms with van der Waals surface area (Å²) in [5.74, 6) is 0.894. The van der Waals surface area contributed by atoms with Gasteiger partial charge in [0.25, 0.3) is 0 Å². The van der Waals surface area contributed by atoms with Crippen molar-refractivity contribution in [1.29, 1.82) is 0 Å². The topological polar surface area (TPSA) is 36.4 Å². The molecule has 2 heterocycles. The standard InChI is InChI=1S/C12H17FN2O/c1-10-2-3-11(14-8-10)15-6-4-12(13,9-16)5-7-15/h2-3,8,16H,4-7,9H2,1H3. The van der Waals surface area contributed by atoms with Crippen molar-refractivity contribution in [2.45, 2.75) is 25.4 Å². The van der Waals surface area contributed by atoms with E-state index in [0.29, 0.717) is 25.9 Å². The number of alkyl halides is 1. The van der Waals surface area contributed by atoms with Crippen LogP contribution in [0.1, 0.15) is 18.4 Å². The molecule has 0 aromatic carbocycles. The molecule has 0 radical (unpaired) electrons. The van der Waals surface area contributed by atoms with Gasteiger partial charge in [-0.3, -0.25) is 0 Å². The van der Waals surface area contributed by atoms with Crippen molar-refractivity contribution in [3.8, 4) is 0 Å². The summed E-state index contributed by atoms with van der Waals surface area (Å²) in [6.07, 6.45) is 2.57. The summed E-state index contributed by atoms with van der Waals surface area (Å²) in [5.41, 5.74) is -0.266. The van der Waals surface area contributed by atoms with Crippen LogP contribution in [-0.4, -0.2) is 35.5 Å². The molecule has 0 saturated carbocycles. The molecular formula is C12H17FN2O. The number of rotatable bonds is 2. The highest BCUT2D eigenvalue weighted by atomic mass is 19.1. The van der Waals surface area contributed by atoms with Gasteiger partial charge in [0.2, 0.25) is 0 Å². The molecule has 0 spiro atoms. The maximum absolute atomic E-state index is 13.8. The fourth-order valence-electron chi connectivity index (χ4n) is 1.94. The van der Waals surface area contributed by atoms with Gasteiger partial charge in [0, 0.05) is 32.1 Å². The molecule has 3 nitrogen and oxygen atoms in total. The number of halogens is 1. The molecule has 1 aliphatic heterocycles. The normalized spacial score (nSPS) is 19.8. The zero-order valence-electron chi connectivity index (χ0n) is 9.49. The van der Waals surface area contributed by atoms with Crippen molar-refractivity contribution in [3.05, 3.63) is 23.9 Å². The van der Waals surface area contributed by atoms with Crippen molar-refractivity contribution in [1.82, 2.24) is 4.98 Å². The number of hydrogen-bond donors (Lipinski definition) is 1. The molecule has 1 aliphatic rings. The third-order valence-electron chi connectivity index (χ3n) is 3.16. The van der Waals surface area contributed by atoms with Gasteiger partial charge in [0.1, 0.15) is 11.5 Å². The van der Waals surface area contributed by atoms with Crippen LogP contribution in [0.3, 0.4) is 0 Å². The van der Waals surface area contributed by atoms with Gasteiger partial charge in [0.05, 0.1) is 6.61 Å². The highest BCUT2D eigenvalue weighted by Gasteiger charge is 2.34. The minimum absolute atomic E-state index is 0.373. The van der Waals surface area contributed by atoms with E-state index in [4.69, 9.17) is 5.11 Å². The lowest BCUT2D eigenvalue weighted by molar-refractivity contribution is 0.0480. The van der Waals surface area contributed by atoms with Crippen molar-refractivity contribution in [2.75, 3.05) is 24.6 Å². The predicted octanol–water partition coefficient (Wildman–Crippen LogP) is 1.69. The van der Waals surface area contributed by atoms with Crippen molar-refractivity contribution < 1.29 is 9.50 Å². The second kappa shape index (κ2) is 4.37. The second-order valence-corrected chi connectivity index (χ2v) is 4.49. The molecule has 0 unspecified atom stereocenters. The number of aliphatic hydroxyl groups excluding tert-OH is 1. The summed E-state index contributed by atoms with van der Waals surface area (Å²) in [7, 11) is 0. The summed E-state index contributed by atoms with van der Waals surface area (Å²) in [4.78, 5) is 6.38. The molecule has 1 aromatic rings. The Bertz CT molecular complexity index is 345. The Kier molecular flexibility index (Phi) is 3.10. The molecular weight excluding hydrogens is 207 g/mol. The number of aliphatic hydroxyl groups is 1.